The van der Waals surface area contributed by atoms with Crippen LogP contribution < -0.4 is 10.5 Å². The molecular formula is C10H12ClNO2. The molecule has 0 saturated carbocycles. The number of carbonyl (C=O) groups is 1. The van der Waals surface area contributed by atoms with E-state index in [-0.39, 0.29) is 11.5 Å². The van der Waals surface area contributed by atoms with E-state index in [1.165, 1.54) is 6.92 Å². The normalized spacial score (nSPS) is 9.93. The van der Waals surface area contributed by atoms with E-state index in [0.717, 1.165) is 0 Å². The quantitative estimate of drug-likeness (QED) is 0.620. The molecule has 1 aromatic rings. The molecule has 2 N–H and O–H groups in total. The number of Topliss-reactive ketones (excluding diaryl/α,β-unsaturated/α-hetero) is 1. The molecular weight excluding hydrogens is 202 g/mol. The van der Waals surface area contributed by atoms with Gasteiger partial charge in [-0.2, -0.15) is 0 Å². The fourth-order valence-corrected chi connectivity index (χ4v) is 1.37. The second kappa shape index (κ2) is 4.33. The minimum Gasteiger partial charge on any atom is -0.492 e. The highest BCUT2D eigenvalue weighted by Gasteiger charge is 2.12. The molecule has 0 aliphatic heterocycles. The van der Waals surface area contributed by atoms with Crippen LogP contribution >= 0.6 is 11.6 Å². The van der Waals surface area contributed by atoms with Gasteiger partial charge < -0.3 is 10.5 Å². The van der Waals surface area contributed by atoms with Crippen LogP contribution in [0.2, 0.25) is 5.02 Å². The number of halogens is 1. The summed E-state index contributed by atoms with van der Waals surface area (Å²) < 4.78 is 5.23. The number of benzene rings is 1. The van der Waals surface area contributed by atoms with E-state index >= 15 is 0 Å². The Morgan fingerprint density at radius 1 is 1.57 bits per heavy atom. The number of nitrogen functional groups attached to an aromatic ring is 1. The van der Waals surface area contributed by atoms with Gasteiger partial charge in [0.15, 0.2) is 5.78 Å². The maximum absolute atomic E-state index is 11.1. The fraction of sp³-hybridized carbons (Fsp3) is 0.300. The smallest absolute Gasteiger partial charge is 0.161 e. The van der Waals surface area contributed by atoms with Gasteiger partial charge in [-0.15, -0.1) is 0 Å². The molecule has 0 heterocycles. The first-order valence-electron chi connectivity index (χ1n) is 4.29. The predicted molar refractivity (Wildman–Crippen MR) is 57.0 cm³/mol. The maximum Gasteiger partial charge on any atom is 0.161 e. The van der Waals surface area contributed by atoms with E-state index in [4.69, 9.17) is 22.1 Å². The molecule has 0 atom stereocenters. The molecule has 1 rings (SSSR count). The highest BCUT2D eigenvalue weighted by molar-refractivity contribution is 6.35. The Morgan fingerprint density at radius 2 is 2.21 bits per heavy atom. The first-order valence-corrected chi connectivity index (χ1v) is 4.67. The van der Waals surface area contributed by atoms with Crippen molar-refractivity contribution < 1.29 is 9.53 Å². The summed E-state index contributed by atoms with van der Waals surface area (Å²) in [6.45, 7) is 3.81. The van der Waals surface area contributed by atoms with Gasteiger partial charge in [0.05, 0.1) is 12.3 Å². The summed E-state index contributed by atoms with van der Waals surface area (Å²) in [7, 11) is 0. The molecule has 0 aliphatic carbocycles. The lowest BCUT2D eigenvalue weighted by atomic mass is 10.1. The maximum atomic E-state index is 11.1. The molecule has 0 radical (unpaired) electrons. The molecule has 0 saturated heterocycles. The number of hydrogen-bond donors (Lipinski definition) is 1. The van der Waals surface area contributed by atoms with Gasteiger partial charge in [-0.1, -0.05) is 11.6 Å². The van der Waals surface area contributed by atoms with E-state index in [1.807, 2.05) is 6.92 Å². The number of ether oxygens (including phenoxy) is 1. The third-order valence-corrected chi connectivity index (χ3v) is 2.21. The largest absolute Gasteiger partial charge is 0.492 e. The molecule has 0 aromatic heterocycles. The molecule has 1 aromatic carbocycles. The number of anilines is 1. The highest BCUT2D eigenvalue weighted by Crippen LogP contribution is 2.33. The van der Waals surface area contributed by atoms with Crippen LogP contribution in [0.5, 0.6) is 5.75 Å². The lowest BCUT2D eigenvalue weighted by Gasteiger charge is -2.09. The van der Waals surface area contributed by atoms with Crippen molar-refractivity contribution in [2.75, 3.05) is 12.3 Å². The van der Waals surface area contributed by atoms with Gasteiger partial charge in [-0.05, 0) is 26.0 Å². The molecule has 0 aliphatic rings. The second-order valence-corrected chi connectivity index (χ2v) is 3.21. The third-order valence-electron chi connectivity index (χ3n) is 1.82. The molecule has 0 unspecified atom stereocenters. The van der Waals surface area contributed by atoms with Crippen LogP contribution in [0.25, 0.3) is 0 Å². The minimum atomic E-state index is -0.104. The van der Waals surface area contributed by atoms with Gasteiger partial charge in [0.1, 0.15) is 10.8 Å². The molecule has 0 amide bonds. The Labute approximate surface area is 87.8 Å². The molecule has 0 fully saturated rings. The Balaban J connectivity index is 3.19. The number of nitrogens with two attached hydrogens (primary N) is 1. The van der Waals surface area contributed by atoms with Crippen molar-refractivity contribution in [2.24, 2.45) is 0 Å². The Kier molecular flexibility index (Phi) is 3.36. The Hall–Kier alpha value is -1.22. The number of carbonyl (C=O) groups excluding carboxylic acids is 1. The number of hydrogen-bond acceptors (Lipinski definition) is 3. The van der Waals surface area contributed by atoms with Crippen LogP contribution in [-0.2, 0) is 0 Å². The van der Waals surface area contributed by atoms with Crippen LogP contribution in [0.15, 0.2) is 12.1 Å². The molecule has 3 nitrogen and oxygen atoms in total. The average Bonchev–Trinajstić information content (AvgIpc) is 2.13. The first-order chi connectivity index (χ1) is 6.57. The summed E-state index contributed by atoms with van der Waals surface area (Å²) in [5.41, 5.74) is 6.39. The summed E-state index contributed by atoms with van der Waals surface area (Å²) in [6.07, 6.45) is 0. The van der Waals surface area contributed by atoms with Crippen molar-refractivity contribution in [2.45, 2.75) is 13.8 Å². The van der Waals surface area contributed by atoms with Crippen molar-refractivity contribution in [3.8, 4) is 5.75 Å². The summed E-state index contributed by atoms with van der Waals surface area (Å²) >= 11 is 5.92. The molecule has 14 heavy (non-hydrogen) atoms. The van der Waals surface area contributed by atoms with E-state index in [0.29, 0.717) is 22.9 Å². The topological polar surface area (TPSA) is 52.3 Å². The van der Waals surface area contributed by atoms with Crippen LogP contribution in [0.1, 0.15) is 24.2 Å². The summed E-state index contributed by atoms with van der Waals surface area (Å²) in [6, 6.07) is 3.27. The van der Waals surface area contributed by atoms with Crippen LogP contribution in [0.3, 0.4) is 0 Å². The standard InChI is InChI=1S/C10H12ClNO2/c1-3-14-8-5-4-7(6(2)13)10(12)9(8)11/h4-5H,3,12H2,1-2H3. The lowest BCUT2D eigenvalue weighted by molar-refractivity contribution is 0.101. The van der Waals surface area contributed by atoms with E-state index in [9.17, 15) is 4.79 Å². The Bertz CT molecular complexity index is 363. The zero-order chi connectivity index (χ0) is 10.7. The molecule has 4 heteroatoms. The molecule has 0 spiro atoms. The van der Waals surface area contributed by atoms with Crippen molar-refractivity contribution in [3.63, 3.8) is 0 Å². The first kappa shape index (κ1) is 10.9. The monoisotopic (exact) mass is 213 g/mol. The van der Waals surface area contributed by atoms with Crippen molar-refractivity contribution in [3.05, 3.63) is 22.7 Å². The average molecular weight is 214 g/mol. The van der Waals surface area contributed by atoms with Crippen molar-refractivity contribution >= 4 is 23.1 Å². The summed E-state index contributed by atoms with van der Waals surface area (Å²) in [5.74, 6) is 0.407. The minimum absolute atomic E-state index is 0.104. The van der Waals surface area contributed by atoms with Crippen LogP contribution in [0, 0.1) is 0 Å². The lowest BCUT2D eigenvalue weighted by Crippen LogP contribution is -2.02. The summed E-state index contributed by atoms with van der Waals surface area (Å²) in [5, 5.41) is 0.305. The number of rotatable bonds is 3. The zero-order valence-electron chi connectivity index (χ0n) is 8.13. The van der Waals surface area contributed by atoms with Crippen molar-refractivity contribution in [1.82, 2.24) is 0 Å². The van der Waals surface area contributed by atoms with Crippen LogP contribution in [0.4, 0.5) is 5.69 Å². The molecule has 76 valence electrons. The van der Waals surface area contributed by atoms with Gasteiger partial charge in [-0.3, -0.25) is 4.79 Å². The van der Waals surface area contributed by atoms with Gasteiger partial charge in [0.25, 0.3) is 0 Å². The third kappa shape index (κ3) is 1.99. The zero-order valence-corrected chi connectivity index (χ0v) is 8.89. The van der Waals surface area contributed by atoms with Crippen LogP contribution in [-0.4, -0.2) is 12.4 Å². The van der Waals surface area contributed by atoms with E-state index in [2.05, 4.69) is 0 Å². The van der Waals surface area contributed by atoms with E-state index in [1.54, 1.807) is 12.1 Å². The highest BCUT2D eigenvalue weighted by atomic mass is 35.5. The Morgan fingerprint density at radius 3 is 2.71 bits per heavy atom. The van der Waals surface area contributed by atoms with Gasteiger partial charge >= 0.3 is 0 Å². The van der Waals surface area contributed by atoms with Gasteiger partial charge in [0.2, 0.25) is 0 Å². The molecule has 0 bridgehead atoms. The summed E-state index contributed by atoms with van der Waals surface area (Å²) in [4.78, 5) is 11.1. The predicted octanol–water partition coefficient (Wildman–Crippen LogP) is 2.52. The second-order valence-electron chi connectivity index (χ2n) is 2.83. The van der Waals surface area contributed by atoms with Gasteiger partial charge in [0, 0.05) is 5.56 Å². The van der Waals surface area contributed by atoms with Gasteiger partial charge in [-0.25, -0.2) is 0 Å². The van der Waals surface area contributed by atoms with Crippen molar-refractivity contribution in [1.29, 1.82) is 0 Å². The van der Waals surface area contributed by atoms with E-state index < -0.39 is 0 Å². The fourth-order valence-electron chi connectivity index (χ4n) is 1.15. The SMILES string of the molecule is CCOc1ccc(C(C)=O)c(N)c1Cl. The number of ketones is 1.